The number of alkyl halides is 3. The van der Waals surface area contributed by atoms with Gasteiger partial charge in [0.1, 0.15) is 5.75 Å². The Hall–Kier alpha value is -1.41. The monoisotopic (exact) mass is 349 g/mol. The van der Waals surface area contributed by atoms with E-state index in [1.54, 1.807) is 11.8 Å². The van der Waals surface area contributed by atoms with E-state index >= 15 is 0 Å². The van der Waals surface area contributed by atoms with Crippen LogP contribution in [0.25, 0.3) is 0 Å². The summed E-state index contributed by atoms with van der Waals surface area (Å²) in [5, 5.41) is 3.32. The van der Waals surface area contributed by atoms with Crippen molar-refractivity contribution < 1.29 is 27.4 Å². The number of hydrogen-bond acceptors (Lipinski definition) is 4. The first-order valence-electron chi connectivity index (χ1n) is 7.27. The zero-order valence-electron chi connectivity index (χ0n) is 12.4. The van der Waals surface area contributed by atoms with Gasteiger partial charge in [-0.2, -0.15) is 11.8 Å². The van der Waals surface area contributed by atoms with E-state index in [2.05, 4.69) is 10.1 Å². The number of hydrogen-bond donors (Lipinski definition) is 1. The van der Waals surface area contributed by atoms with Gasteiger partial charge in [0.15, 0.2) is 0 Å². The Balaban J connectivity index is 1.70. The molecule has 0 saturated carbocycles. The Morgan fingerprint density at radius 3 is 2.52 bits per heavy atom. The second-order valence-electron chi connectivity index (χ2n) is 5.01. The number of rotatable bonds is 6. The highest BCUT2D eigenvalue weighted by molar-refractivity contribution is 7.99. The Morgan fingerprint density at radius 1 is 1.26 bits per heavy atom. The zero-order valence-corrected chi connectivity index (χ0v) is 13.2. The molecule has 1 amide bonds. The van der Waals surface area contributed by atoms with E-state index in [0.717, 1.165) is 43.9 Å². The number of carbonyl (C=O) groups excluding carboxylic acids is 1. The summed E-state index contributed by atoms with van der Waals surface area (Å²) in [5.41, 5.74) is 0.301. The van der Waals surface area contributed by atoms with Crippen LogP contribution in [-0.2, 0) is 4.74 Å². The van der Waals surface area contributed by atoms with Gasteiger partial charge in [-0.1, -0.05) is 0 Å². The highest BCUT2D eigenvalue weighted by Crippen LogP contribution is 2.23. The third-order valence-electron chi connectivity index (χ3n) is 3.26. The summed E-state index contributed by atoms with van der Waals surface area (Å²) in [6, 6.07) is 4.86. The van der Waals surface area contributed by atoms with Gasteiger partial charge in [0.2, 0.25) is 0 Å². The molecule has 1 heterocycles. The molecule has 0 unspecified atom stereocenters. The lowest BCUT2D eigenvalue weighted by Gasteiger charge is -2.21. The molecule has 1 aromatic rings. The quantitative estimate of drug-likeness (QED) is 0.801. The minimum absolute atomic E-state index is 0.301. The maximum Gasteiger partial charge on any atom is 0.573 e. The Bertz CT molecular complexity index is 502. The fourth-order valence-corrected chi connectivity index (χ4v) is 3.22. The molecular formula is C15H18F3NO3S. The van der Waals surface area contributed by atoms with Crippen LogP contribution >= 0.6 is 11.8 Å². The molecule has 0 radical (unpaired) electrons. The Morgan fingerprint density at radius 2 is 1.91 bits per heavy atom. The normalized spacial score (nSPS) is 16.1. The molecule has 0 aromatic heterocycles. The molecule has 0 atom stereocenters. The smallest absolute Gasteiger partial charge is 0.406 e. The number of thioether (sulfide) groups is 1. The van der Waals surface area contributed by atoms with Crippen molar-refractivity contribution >= 4 is 17.7 Å². The molecule has 2 rings (SSSR count). The third-order valence-corrected chi connectivity index (χ3v) is 4.64. The van der Waals surface area contributed by atoms with E-state index in [1.807, 2.05) is 0 Å². The van der Waals surface area contributed by atoms with Crippen LogP contribution in [0.1, 0.15) is 23.2 Å². The summed E-state index contributed by atoms with van der Waals surface area (Å²) in [7, 11) is 0. The van der Waals surface area contributed by atoms with Crippen LogP contribution in [0.4, 0.5) is 13.2 Å². The van der Waals surface area contributed by atoms with Gasteiger partial charge in [-0.3, -0.25) is 4.79 Å². The lowest BCUT2D eigenvalue weighted by atomic mass is 10.2. The predicted molar refractivity (Wildman–Crippen MR) is 81.8 cm³/mol. The van der Waals surface area contributed by atoms with Crippen molar-refractivity contribution in [2.75, 3.05) is 25.5 Å². The molecule has 0 spiro atoms. The van der Waals surface area contributed by atoms with Gasteiger partial charge in [-0.15, -0.1) is 13.2 Å². The van der Waals surface area contributed by atoms with Gasteiger partial charge in [0.05, 0.1) is 0 Å². The van der Waals surface area contributed by atoms with E-state index in [0.29, 0.717) is 17.4 Å². The summed E-state index contributed by atoms with van der Waals surface area (Å²) in [5.74, 6) is 0.145. The van der Waals surface area contributed by atoms with E-state index in [9.17, 15) is 18.0 Å². The van der Waals surface area contributed by atoms with E-state index in [-0.39, 0.29) is 11.7 Å². The maximum absolute atomic E-state index is 12.0. The van der Waals surface area contributed by atoms with E-state index in [4.69, 9.17) is 4.74 Å². The van der Waals surface area contributed by atoms with Crippen molar-refractivity contribution in [3.05, 3.63) is 29.8 Å². The molecule has 4 nitrogen and oxygen atoms in total. The van der Waals surface area contributed by atoms with E-state index < -0.39 is 6.36 Å². The topological polar surface area (TPSA) is 47.6 Å². The van der Waals surface area contributed by atoms with E-state index in [1.165, 1.54) is 12.1 Å². The van der Waals surface area contributed by atoms with Crippen molar-refractivity contribution in [1.29, 1.82) is 0 Å². The van der Waals surface area contributed by atoms with Crippen molar-refractivity contribution in [3.8, 4) is 5.75 Å². The summed E-state index contributed by atoms with van der Waals surface area (Å²) in [6.07, 6.45) is -2.68. The standard InChI is InChI=1S/C15H18F3NO3S/c16-15(17,18)22-12-3-1-11(2-4-12)14(20)19-7-10-23-13-5-8-21-9-6-13/h1-4,13H,5-10H2,(H,19,20). The molecule has 1 N–H and O–H groups in total. The number of benzene rings is 1. The molecule has 1 fully saturated rings. The highest BCUT2D eigenvalue weighted by Gasteiger charge is 2.31. The molecule has 0 bridgehead atoms. The Labute approximate surface area is 136 Å². The van der Waals surface area contributed by atoms with Gasteiger partial charge in [-0.05, 0) is 37.1 Å². The van der Waals surface area contributed by atoms with Crippen LogP contribution in [0.3, 0.4) is 0 Å². The molecule has 8 heteroatoms. The van der Waals surface area contributed by atoms with Crippen LogP contribution in [0, 0.1) is 0 Å². The molecule has 128 valence electrons. The highest BCUT2D eigenvalue weighted by atomic mass is 32.2. The fourth-order valence-electron chi connectivity index (χ4n) is 2.14. The van der Waals surface area contributed by atoms with Crippen LogP contribution < -0.4 is 10.1 Å². The molecule has 23 heavy (non-hydrogen) atoms. The number of nitrogens with one attached hydrogen (secondary N) is 1. The molecule has 1 aliphatic rings. The molecule has 1 aromatic carbocycles. The van der Waals surface area contributed by atoms with Gasteiger partial charge >= 0.3 is 6.36 Å². The van der Waals surface area contributed by atoms with Crippen molar-refractivity contribution in [3.63, 3.8) is 0 Å². The van der Waals surface area contributed by atoms with Crippen LogP contribution in [0.5, 0.6) is 5.75 Å². The lowest BCUT2D eigenvalue weighted by Crippen LogP contribution is -2.27. The summed E-state index contributed by atoms with van der Waals surface area (Å²) in [6.45, 7) is 2.09. The van der Waals surface area contributed by atoms with Crippen molar-refractivity contribution in [2.24, 2.45) is 0 Å². The number of halogens is 3. The molecular weight excluding hydrogens is 331 g/mol. The first-order valence-corrected chi connectivity index (χ1v) is 8.32. The minimum atomic E-state index is -4.73. The van der Waals surface area contributed by atoms with Gasteiger partial charge in [0.25, 0.3) is 5.91 Å². The van der Waals surface area contributed by atoms with Crippen molar-refractivity contribution in [2.45, 2.75) is 24.5 Å². The number of ether oxygens (including phenoxy) is 2. The van der Waals surface area contributed by atoms with Crippen LogP contribution in [0.2, 0.25) is 0 Å². The van der Waals surface area contributed by atoms with Gasteiger partial charge < -0.3 is 14.8 Å². The zero-order chi connectivity index (χ0) is 16.7. The maximum atomic E-state index is 12.0. The number of amides is 1. The first kappa shape index (κ1) is 17.9. The summed E-state index contributed by atoms with van der Waals surface area (Å²) in [4.78, 5) is 11.9. The molecule has 1 saturated heterocycles. The van der Waals surface area contributed by atoms with Crippen molar-refractivity contribution in [1.82, 2.24) is 5.32 Å². The predicted octanol–water partition coefficient (Wildman–Crippen LogP) is 3.23. The third kappa shape index (κ3) is 6.70. The summed E-state index contributed by atoms with van der Waals surface area (Å²) < 4.78 is 45.2. The average molecular weight is 349 g/mol. The molecule has 1 aliphatic heterocycles. The largest absolute Gasteiger partial charge is 0.573 e. The lowest BCUT2D eigenvalue weighted by molar-refractivity contribution is -0.274. The second-order valence-corrected chi connectivity index (χ2v) is 6.42. The first-order chi connectivity index (χ1) is 10.9. The van der Waals surface area contributed by atoms with Gasteiger partial charge in [-0.25, -0.2) is 0 Å². The molecule has 0 aliphatic carbocycles. The Kier molecular flexibility index (Phi) is 6.59. The SMILES string of the molecule is O=C(NCCSC1CCOCC1)c1ccc(OC(F)(F)F)cc1. The van der Waals surface area contributed by atoms with Crippen LogP contribution in [0.15, 0.2) is 24.3 Å². The average Bonchev–Trinajstić information content (AvgIpc) is 2.51. The second kappa shape index (κ2) is 8.44. The minimum Gasteiger partial charge on any atom is -0.406 e. The number of carbonyl (C=O) groups is 1. The van der Waals surface area contributed by atoms with Gasteiger partial charge in [0, 0.05) is 36.3 Å². The summed E-state index contributed by atoms with van der Waals surface area (Å²) >= 11 is 1.80. The van der Waals surface area contributed by atoms with Crippen LogP contribution in [-0.4, -0.2) is 43.0 Å². The fraction of sp³-hybridized carbons (Fsp3) is 0.533.